The molecule has 23 heavy (non-hydrogen) atoms. The Labute approximate surface area is 139 Å². The number of aryl methyl sites for hydroxylation is 1. The summed E-state index contributed by atoms with van der Waals surface area (Å²) in [7, 11) is 0. The molecule has 3 nitrogen and oxygen atoms in total. The number of ether oxygens (including phenoxy) is 1. The van der Waals surface area contributed by atoms with Crippen molar-refractivity contribution in [3.05, 3.63) is 34.9 Å². The van der Waals surface area contributed by atoms with Crippen molar-refractivity contribution in [3.8, 4) is 0 Å². The number of benzene rings is 1. The lowest BCUT2D eigenvalue weighted by molar-refractivity contribution is -0.0109. The van der Waals surface area contributed by atoms with Crippen LogP contribution in [0.5, 0.6) is 0 Å². The third kappa shape index (κ3) is 2.20. The summed E-state index contributed by atoms with van der Waals surface area (Å²) in [5.41, 5.74) is 4.74. The fraction of sp³-hybridized carbons (Fsp3) is 0.650. The summed E-state index contributed by atoms with van der Waals surface area (Å²) < 4.78 is 5.34. The molecule has 1 amide bonds. The van der Waals surface area contributed by atoms with Crippen LogP contribution in [0, 0.1) is 12.8 Å². The van der Waals surface area contributed by atoms with E-state index in [0.29, 0.717) is 24.0 Å². The Hall–Kier alpha value is -1.51. The summed E-state index contributed by atoms with van der Waals surface area (Å²) in [6.45, 7) is 5.42. The molecule has 0 N–H and O–H groups in total. The van der Waals surface area contributed by atoms with Crippen molar-refractivity contribution in [2.45, 2.75) is 63.8 Å². The van der Waals surface area contributed by atoms with Crippen molar-refractivity contribution in [3.63, 3.8) is 0 Å². The molecule has 1 saturated heterocycles. The van der Waals surface area contributed by atoms with Crippen LogP contribution in [0.1, 0.15) is 55.7 Å². The van der Waals surface area contributed by atoms with Crippen LogP contribution in [0.3, 0.4) is 0 Å². The molecule has 1 saturated carbocycles. The summed E-state index contributed by atoms with van der Waals surface area (Å²) in [6.07, 6.45) is 7.18. The summed E-state index contributed by atoms with van der Waals surface area (Å²) in [4.78, 5) is 14.5. The molecular weight excluding hydrogens is 286 g/mol. The van der Waals surface area contributed by atoms with E-state index in [4.69, 9.17) is 4.74 Å². The van der Waals surface area contributed by atoms with E-state index in [0.717, 1.165) is 19.4 Å². The normalized spacial score (nSPS) is 32.0. The van der Waals surface area contributed by atoms with Crippen LogP contribution in [0.15, 0.2) is 18.2 Å². The number of fused-ring (bicyclic) bond motifs is 1. The zero-order valence-electron chi connectivity index (χ0n) is 14.3. The lowest BCUT2D eigenvalue weighted by atomic mass is 9.52. The van der Waals surface area contributed by atoms with Crippen LogP contribution in [-0.2, 0) is 16.6 Å². The van der Waals surface area contributed by atoms with Gasteiger partial charge in [0.15, 0.2) is 0 Å². The van der Waals surface area contributed by atoms with Gasteiger partial charge in [-0.2, -0.15) is 0 Å². The van der Waals surface area contributed by atoms with Gasteiger partial charge in [-0.25, -0.2) is 4.79 Å². The first-order chi connectivity index (χ1) is 11.2. The number of hydrogen-bond donors (Lipinski definition) is 0. The molecule has 1 aromatic carbocycles. The molecule has 1 aliphatic heterocycles. The average molecular weight is 313 g/mol. The number of rotatable bonds is 1. The highest BCUT2D eigenvalue weighted by atomic mass is 16.6. The Morgan fingerprint density at radius 2 is 2.22 bits per heavy atom. The predicted octanol–water partition coefficient (Wildman–Crippen LogP) is 4.21. The SMILES string of the molecule is CCOC(=O)N1CC[C@@]23CCCC[C@@H]2[C@@H]1Cc1ccc(C)cc13. The van der Waals surface area contributed by atoms with Gasteiger partial charge in [-0.1, -0.05) is 36.6 Å². The summed E-state index contributed by atoms with van der Waals surface area (Å²) in [5, 5.41) is 0. The minimum absolute atomic E-state index is 0.104. The Morgan fingerprint density at radius 3 is 3.04 bits per heavy atom. The van der Waals surface area contributed by atoms with Crippen molar-refractivity contribution in [2.24, 2.45) is 5.92 Å². The summed E-state index contributed by atoms with van der Waals surface area (Å²) in [5.74, 6) is 0.615. The molecule has 0 aromatic heterocycles. The maximum absolute atomic E-state index is 12.4. The largest absolute Gasteiger partial charge is 0.450 e. The van der Waals surface area contributed by atoms with Gasteiger partial charge in [0.2, 0.25) is 0 Å². The number of nitrogens with zero attached hydrogens (tertiary/aromatic N) is 1. The highest BCUT2D eigenvalue weighted by molar-refractivity contribution is 5.69. The Kier molecular flexibility index (Phi) is 3.62. The zero-order chi connectivity index (χ0) is 16.0. The molecule has 3 atom stereocenters. The molecule has 2 bridgehead atoms. The van der Waals surface area contributed by atoms with E-state index in [-0.39, 0.29) is 6.09 Å². The fourth-order valence-electron chi connectivity index (χ4n) is 5.55. The van der Waals surface area contributed by atoms with Gasteiger partial charge in [0.25, 0.3) is 0 Å². The molecular formula is C20H27NO2. The monoisotopic (exact) mass is 313 g/mol. The first-order valence-corrected chi connectivity index (χ1v) is 9.19. The van der Waals surface area contributed by atoms with Crippen LogP contribution in [-0.4, -0.2) is 30.2 Å². The number of carbonyl (C=O) groups excluding carboxylic acids is 1. The predicted molar refractivity (Wildman–Crippen MR) is 90.7 cm³/mol. The number of piperidine rings is 1. The van der Waals surface area contributed by atoms with Crippen LogP contribution < -0.4 is 0 Å². The molecule has 1 aromatic rings. The van der Waals surface area contributed by atoms with Gasteiger partial charge in [-0.3, -0.25) is 0 Å². The molecule has 0 spiro atoms. The van der Waals surface area contributed by atoms with Gasteiger partial charge in [0, 0.05) is 18.0 Å². The van der Waals surface area contributed by atoms with Gasteiger partial charge < -0.3 is 9.64 Å². The molecule has 1 heterocycles. The third-order valence-electron chi connectivity index (χ3n) is 6.49. The van der Waals surface area contributed by atoms with E-state index in [1.807, 2.05) is 11.8 Å². The molecule has 2 fully saturated rings. The second kappa shape index (κ2) is 5.54. The van der Waals surface area contributed by atoms with Crippen LogP contribution >= 0.6 is 0 Å². The summed E-state index contributed by atoms with van der Waals surface area (Å²) >= 11 is 0. The molecule has 124 valence electrons. The summed E-state index contributed by atoms with van der Waals surface area (Å²) in [6, 6.07) is 7.30. The number of likely N-dealkylation sites (tertiary alicyclic amines) is 1. The van der Waals surface area contributed by atoms with E-state index < -0.39 is 0 Å². The van der Waals surface area contributed by atoms with Crippen LogP contribution in [0.2, 0.25) is 0 Å². The average Bonchev–Trinajstić information content (AvgIpc) is 2.56. The quantitative estimate of drug-likeness (QED) is 0.777. The number of hydrogen-bond acceptors (Lipinski definition) is 2. The zero-order valence-corrected chi connectivity index (χ0v) is 14.3. The van der Waals surface area contributed by atoms with Crippen molar-refractivity contribution in [1.29, 1.82) is 0 Å². The van der Waals surface area contributed by atoms with Crippen molar-refractivity contribution >= 4 is 6.09 Å². The molecule has 3 aliphatic rings. The minimum Gasteiger partial charge on any atom is -0.450 e. The van der Waals surface area contributed by atoms with Gasteiger partial charge >= 0.3 is 6.09 Å². The van der Waals surface area contributed by atoms with E-state index in [9.17, 15) is 4.79 Å². The Balaban J connectivity index is 1.78. The highest BCUT2D eigenvalue weighted by Crippen LogP contribution is 2.55. The number of amides is 1. The number of carbonyl (C=O) groups is 1. The second-order valence-corrected chi connectivity index (χ2v) is 7.58. The second-order valence-electron chi connectivity index (χ2n) is 7.58. The van der Waals surface area contributed by atoms with Crippen LogP contribution in [0.4, 0.5) is 4.79 Å². The Bertz CT molecular complexity index is 626. The van der Waals surface area contributed by atoms with E-state index in [1.54, 1.807) is 5.56 Å². The third-order valence-corrected chi connectivity index (χ3v) is 6.49. The van der Waals surface area contributed by atoms with E-state index in [2.05, 4.69) is 25.1 Å². The van der Waals surface area contributed by atoms with Gasteiger partial charge in [-0.05, 0) is 56.6 Å². The maximum Gasteiger partial charge on any atom is 0.410 e. The molecule has 2 aliphatic carbocycles. The van der Waals surface area contributed by atoms with Crippen molar-refractivity contribution in [1.82, 2.24) is 4.90 Å². The van der Waals surface area contributed by atoms with Gasteiger partial charge in [-0.15, -0.1) is 0 Å². The standard InChI is InChI=1S/C20H27NO2/c1-3-23-19(22)21-11-10-20-9-5-4-6-16(20)18(21)13-15-8-7-14(2)12-17(15)20/h7-8,12,16,18H,3-6,9-11,13H2,1-2H3/t16-,18+,20+/m1/s1. The highest BCUT2D eigenvalue weighted by Gasteiger charge is 2.54. The van der Waals surface area contributed by atoms with Crippen LogP contribution in [0.25, 0.3) is 0 Å². The van der Waals surface area contributed by atoms with Gasteiger partial charge in [0.05, 0.1) is 6.61 Å². The van der Waals surface area contributed by atoms with E-state index in [1.165, 1.54) is 36.8 Å². The first-order valence-electron chi connectivity index (χ1n) is 9.19. The molecule has 0 unspecified atom stereocenters. The minimum atomic E-state index is -0.104. The first kappa shape index (κ1) is 15.0. The molecule has 0 radical (unpaired) electrons. The topological polar surface area (TPSA) is 29.5 Å². The smallest absolute Gasteiger partial charge is 0.410 e. The molecule has 4 rings (SSSR count). The fourth-order valence-corrected chi connectivity index (χ4v) is 5.55. The lowest BCUT2D eigenvalue weighted by Crippen LogP contribution is -2.62. The maximum atomic E-state index is 12.4. The van der Waals surface area contributed by atoms with Crippen molar-refractivity contribution in [2.75, 3.05) is 13.2 Å². The lowest BCUT2D eigenvalue weighted by Gasteiger charge is -2.58. The van der Waals surface area contributed by atoms with Gasteiger partial charge in [0.1, 0.15) is 0 Å². The van der Waals surface area contributed by atoms with E-state index >= 15 is 0 Å². The Morgan fingerprint density at radius 1 is 1.35 bits per heavy atom. The molecule has 3 heteroatoms. The van der Waals surface area contributed by atoms with Crippen molar-refractivity contribution < 1.29 is 9.53 Å².